The number of aromatic nitrogens is 3. The second-order valence-electron chi connectivity index (χ2n) is 5.09. The third-order valence-corrected chi connectivity index (χ3v) is 4.39. The standard InChI is InChI=1S/C17H16N4O2S/c1-21-16(13-9-5-6-10-14(13)22)19-20-17(21)24-11-15(23)18-12-7-3-2-4-8-12/h2-10,22H,11H2,1H3,(H,18,23). The van der Waals surface area contributed by atoms with Crippen LogP contribution in [0.15, 0.2) is 59.8 Å². The van der Waals surface area contributed by atoms with Crippen LogP contribution in [-0.2, 0) is 11.8 Å². The van der Waals surface area contributed by atoms with E-state index in [1.807, 2.05) is 36.4 Å². The van der Waals surface area contributed by atoms with Crippen LogP contribution < -0.4 is 5.32 Å². The number of phenolic OH excluding ortho intramolecular Hbond substituents is 1. The van der Waals surface area contributed by atoms with Crippen molar-refractivity contribution >= 4 is 23.4 Å². The molecule has 0 atom stereocenters. The number of rotatable bonds is 5. The normalized spacial score (nSPS) is 10.5. The van der Waals surface area contributed by atoms with Crippen molar-refractivity contribution in [3.8, 4) is 17.1 Å². The molecule has 7 heteroatoms. The van der Waals surface area contributed by atoms with E-state index in [1.54, 1.807) is 29.8 Å². The first-order chi connectivity index (χ1) is 11.6. The van der Waals surface area contributed by atoms with E-state index in [0.29, 0.717) is 16.5 Å². The molecule has 1 heterocycles. The molecule has 0 unspecified atom stereocenters. The number of aromatic hydroxyl groups is 1. The Morgan fingerprint density at radius 1 is 1.12 bits per heavy atom. The third-order valence-electron chi connectivity index (χ3n) is 3.37. The van der Waals surface area contributed by atoms with Crippen LogP contribution in [0.25, 0.3) is 11.4 Å². The summed E-state index contributed by atoms with van der Waals surface area (Å²) in [4.78, 5) is 12.0. The van der Waals surface area contributed by atoms with E-state index in [9.17, 15) is 9.90 Å². The van der Waals surface area contributed by atoms with Crippen molar-refractivity contribution < 1.29 is 9.90 Å². The number of anilines is 1. The van der Waals surface area contributed by atoms with E-state index in [0.717, 1.165) is 5.69 Å². The van der Waals surface area contributed by atoms with E-state index < -0.39 is 0 Å². The topological polar surface area (TPSA) is 80.0 Å². The van der Waals surface area contributed by atoms with Crippen molar-refractivity contribution in [3.05, 3.63) is 54.6 Å². The van der Waals surface area contributed by atoms with E-state index in [4.69, 9.17) is 0 Å². The maximum Gasteiger partial charge on any atom is 0.234 e. The van der Waals surface area contributed by atoms with Gasteiger partial charge in [-0.15, -0.1) is 10.2 Å². The fraction of sp³-hybridized carbons (Fsp3) is 0.118. The van der Waals surface area contributed by atoms with Crippen LogP contribution in [0.2, 0.25) is 0 Å². The number of hydrogen-bond donors (Lipinski definition) is 2. The molecular formula is C17H16N4O2S. The van der Waals surface area contributed by atoms with E-state index in [2.05, 4.69) is 15.5 Å². The lowest BCUT2D eigenvalue weighted by Gasteiger charge is -2.06. The summed E-state index contributed by atoms with van der Waals surface area (Å²) >= 11 is 1.29. The van der Waals surface area contributed by atoms with Crippen LogP contribution in [0.5, 0.6) is 5.75 Å². The molecule has 122 valence electrons. The molecule has 0 radical (unpaired) electrons. The highest BCUT2D eigenvalue weighted by Crippen LogP contribution is 2.29. The third kappa shape index (κ3) is 3.57. The minimum absolute atomic E-state index is 0.113. The molecule has 0 saturated carbocycles. The van der Waals surface area contributed by atoms with Crippen molar-refractivity contribution in [2.45, 2.75) is 5.16 Å². The number of benzene rings is 2. The molecule has 3 aromatic rings. The van der Waals surface area contributed by atoms with Gasteiger partial charge in [0.1, 0.15) is 5.75 Å². The van der Waals surface area contributed by atoms with Crippen LogP contribution in [0, 0.1) is 0 Å². The zero-order chi connectivity index (χ0) is 16.9. The molecular weight excluding hydrogens is 324 g/mol. The van der Waals surface area contributed by atoms with Crippen molar-refractivity contribution in [1.29, 1.82) is 0 Å². The molecule has 24 heavy (non-hydrogen) atoms. The molecule has 3 rings (SSSR count). The Labute approximate surface area is 143 Å². The highest BCUT2D eigenvalue weighted by Gasteiger charge is 2.15. The zero-order valence-corrected chi connectivity index (χ0v) is 13.8. The predicted molar refractivity (Wildman–Crippen MR) is 93.9 cm³/mol. The van der Waals surface area contributed by atoms with E-state index in [-0.39, 0.29) is 17.4 Å². The van der Waals surface area contributed by atoms with E-state index >= 15 is 0 Å². The minimum atomic E-state index is -0.113. The van der Waals surface area contributed by atoms with Gasteiger partial charge in [-0.2, -0.15) is 0 Å². The van der Waals surface area contributed by atoms with Crippen molar-refractivity contribution in [3.63, 3.8) is 0 Å². The highest BCUT2D eigenvalue weighted by atomic mass is 32.2. The van der Waals surface area contributed by atoms with Gasteiger partial charge in [0.15, 0.2) is 11.0 Å². The minimum Gasteiger partial charge on any atom is -0.507 e. The molecule has 6 nitrogen and oxygen atoms in total. The summed E-state index contributed by atoms with van der Waals surface area (Å²) in [6.45, 7) is 0. The Hall–Kier alpha value is -2.80. The van der Waals surface area contributed by atoms with Crippen molar-refractivity contribution in [1.82, 2.24) is 14.8 Å². The number of hydrogen-bond acceptors (Lipinski definition) is 5. The predicted octanol–water partition coefficient (Wildman–Crippen LogP) is 2.92. The average Bonchev–Trinajstić information content (AvgIpc) is 2.95. The van der Waals surface area contributed by atoms with Gasteiger partial charge in [-0.3, -0.25) is 4.79 Å². The van der Waals surface area contributed by atoms with Crippen LogP contribution in [0.1, 0.15) is 0 Å². The summed E-state index contributed by atoms with van der Waals surface area (Å²) < 4.78 is 1.76. The lowest BCUT2D eigenvalue weighted by atomic mass is 10.2. The number of amides is 1. The fourth-order valence-corrected chi connectivity index (χ4v) is 2.90. The molecule has 0 bridgehead atoms. The number of carbonyl (C=O) groups excluding carboxylic acids is 1. The molecule has 0 aliphatic rings. The van der Waals surface area contributed by atoms with Crippen LogP contribution in [-0.4, -0.2) is 31.5 Å². The molecule has 1 amide bonds. The van der Waals surface area contributed by atoms with Crippen LogP contribution >= 0.6 is 11.8 Å². The number of nitrogens with zero attached hydrogens (tertiary/aromatic N) is 3. The Bertz CT molecular complexity index is 849. The van der Waals surface area contributed by atoms with Gasteiger partial charge in [-0.1, -0.05) is 42.1 Å². The molecule has 0 fully saturated rings. The molecule has 2 N–H and O–H groups in total. The molecule has 0 aliphatic carbocycles. The first kappa shape index (κ1) is 16.1. The average molecular weight is 340 g/mol. The molecule has 0 saturated heterocycles. The first-order valence-corrected chi connectivity index (χ1v) is 8.29. The lowest BCUT2D eigenvalue weighted by Crippen LogP contribution is -2.14. The van der Waals surface area contributed by atoms with Gasteiger partial charge < -0.3 is 15.0 Å². The van der Waals surface area contributed by atoms with Gasteiger partial charge in [-0.05, 0) is 24.3 Å². The number of nitrogens with one attached hydrogen (secondary N) is 1. The number of carbonyl (C=O) groups is 1. The molecule has 0 spiro atoms. The van der Waals surface area contributed by atoms with Crippen LogP contribution in [0.3, 0.4) is 0 Å². The van der Waals surface area contributed by atoms with Gasteiger partial charge in [0.2, 0.25) is 5.91 Å². The Balaban J connectivity index is 1.67. The fourth-order valence-electron chi connectivity index (χ4n) is 2.19. The van der Waals surface area contributed by atoms with E-state index in [1.165, 1.54) is 11.8 Å². The Kier molecular flexibility index (Phi) is 4.81. The highest BCUT2D eigenvalue weighted by molar-refractivity contribution is 7.99. The lowest BCUT2D eigenvalue weighted by molar-refractivity contribution is -0.113. The SMILES string of the molecule is Cn1c(SCC(=O)Nc2ccccc2)nnc1-c1ccccc1O. The summed E-state index contributed by atoms with van der Waals surface area (Å²) in [5, 5.41) is 21.6. The van der Waals surface area contributed by atoms with Crippen molar-refractivity contribution in [2.24, 2.45) is 7.05 Å². The summed E-state index contributed by atoms with van der Waals surface area (Å²) in [7, 11) is 1.80. The van der Waals surface area contributed by atoms with Gasteiger partial charge in [-0.25, -0.2) is 0 Å². The second kappa shape index (κ2) is 7.18. The van der Waals surface area contributed by atoms with Gasteiger partial charge in [0.05, 0.1) is 11.3 Å². The van der Waals surface area contributed by atoms with Gasteiger partial charge in [0.25, 0.3) is 0 Å². The van der Waals surface area contributed by atoms with Crippen molar-refractivity contribution in [2.75, 3.05) is 11.1 Å². The summed E-state index contributed by atoms with van der Waals surface area (Å²) in [5.41, 5.74) is 1.36. The first-order valence-electron chi connectivity index (χ1n) is 7.30. The maximum absolute atomic E-state index is 12.0. The number of para-hydroxylation sites is 2. The summed E-state index contributed by atoms with van der Waals surface area (Å²) in [6, 6.07) is 16.2. The zero-order valence-electron chi connectivity index (χ0n) is 13.0. The number of phenols is 1. The summed E-state index contributed by atoms with van der Waals surface area (Å²) in [6.07, 6.45) is 0. The maximum atomic E-state index is 12.0. The van der Waals surface area contributed by atoms with Crippen LogP contribution in [0.4, 0.5) is 5.69 Å². The number of thioether (sulfide) groups is 1. The molecule has 0 aliphatic heterocycles. The smallest absolute Gasteiger partial charge is 0.234 e. The Morgan fingerprint density at radius 2 is 1.83 bits per heavy atom. The van der Waals surface area contributed by atoms with Gasteiger partial charge in [0, 0.05) is 12.7 Å². The summed E-state index contributed by atoms with van der Waals surface area (Å²) in [5.74, 6) is 0.811. The molecule has 2 aromatic carbocycles. The molecule has 1 aromatic heterocycles. The Morgan fingerprint density at radius 3 is 2.58 bits per heavy atom. The largest absolute Gasteiger partial charge is 0.507 e. The monoisotopic (exact) mass is 340 g/mol. The van der Waals surface area contributed by atoms with Gasteiger partial charge >= 0.3 is 0 Å². The quantitative estimate of drug-likeness (QED) is 0.698. The second-order valence-corrected chi connectivity index (χ2v) is 6.03.